The molecule has 0 atom stereocenters. The van der Waals surface area contributed by atoms with E-state index in [0.717, 1.165) is 17.7 Å². The highest BCUT2D eigenvalue weighted by atomic mass is 19.2. The second-order valence-electron chi connectivity index (χ2n) is 4.36. The highest BCUT2D eigenvalue weighted by Crippen LogP contribution is 2.18. The molecule has 1 N–H and O–H groups in total. The van der Waals surface area contributed by atoms with Crippen LogP contribution in [0.5, 0.6) is 5.75 Å². The SMILES string of the molecule is CNCc1cc(F)cc(OCc2ccc(F)c(F)c2)c1. The molecule has 0 fully saturated rings. The Labute approximate surface area is 115 Å². The van der Waals surface area contributed by atoms with Crippen LogP contribution >= 0.6 is 0 Å². The fourth-order valence-corrected chi connectivity index (χ4v) is 1.81. The molecule has 2 aromatic rings. The lowest BCUT2D eigenvalue weighted by Crippen LogP contribution is -2.06. The van der Waals surface area contributed by atoms with Crippen LogP contribution in [0.1, 0.15) is 11.1 Å². The minimum Gasteiger partial charge on any atom is -0.489 e. The standard InChI is InChI=1S/C15H14F3NO/c1-19-8-11-4-12(16)7-13(5-11)20-9-10-2-3-14(17)15(18)6-10/h2-7,19H,8-9H2,1H3. The van der Waals surface area contributed by atoms with Crippen molar-refractivity contribution in [2.45, 2.75) is 13.2 Å². The van der Waals surface area contributed by atoms with Gasteiger partial charge in [-0.2, -0.15) is 0 Å². The van der Waals surface area contributed by atoms with E-state index in [4.69, 9.17) is 4.74 Å². The maximum atomic E-state index is 13.4. The molecule has 0 saturated heterocycles. The van der Waals surface area contributed by atoms with Gasteiger partial charge in [0.15, 0.2) is 11.6 Å². The van der Waals surface area contributed by atoms with E-state index in [1.807, 2.05) is 0 Å². The summed E-state index contributed by atoms with van der Waals surface area (Å²) >= 11 is 0. The van der Waals surface area contributed by atoms with Crippen LogP contribution in [0, 0.1) is 17.5 Å². The first-order valence-corrected chi connectivity index (χ1v) is 6.09. The van der Waals surface area contributed by atoms with Crippen molar-refractivity contribution in [3.63, 3.8) is 0 Å². The van der Waals surface area contributed by atoms with Crippen LogP contribution in [0.4, 0.5) is 13.2 Å². The fraction of sp³-hybridized carbons (Fsp3) is 0.200. The van der Waals surface area contributed by atoms with E-state index < -0.39 is 17.5 Å². The summed E-state index contributed by atoms with van der Waals surface area (Å²) in [6, 6.07) is 7.86. The number of ether oxygens (including phenoxy) is 1. The first kappa shape index (κ1) is 14.4. The van der Waals surface area contributed by atoms with Crippen molar-refractivity contribution in [2.24, 2.45) is 0 Å². The zero-order chi connectivity index (χ0) is 14.5. The molecule has 2 aromatic carbocycles. The molecule has 2 rings (SSSR count). The second-order valence-corrected chi connectivity index (χ2v) is 4.36. The maximum absolute atomic E-state index is 13.4. The zero-order valence-corrected chi connectivity index (χ0v) is 10.9. The number of halogens is 3. The lowest BCUT2D eigenvalue weighted by molar-refractivity contribution is 0.303. The van der Waals surface area contributed by atoms with Crippen LogP contribution < -0.4 is 10.1 Å². The van der Waals surface area contributed by atoms with Crippen LogP contribution in [-0.2, 0) is 13.2 Å². The molecule has 0 aliphatic rings. The summed E-state index contributed by atoms with van der Waals surface area (Å²) < 4.78 is 44.6. The molecule has 0 spiro atoms. The minimum atomic E-state index is -0.929. The molecule has 0 amide bonds. The molecular formula is C15H14F3NO. The molecule has 0 aromatic heterocycles. The smallest absolute Gasteiger partial charge is 0.159 e. The Bertz CT molecular complexity index is 602. The Morgan fingerprint density at radius 1 is 0.950 bits per heavy atom. The molecule has 5 heteroatoms. The molecule has 0 aliphatic carbocycles. The van der Waals surface area contributed by atoms with Gasteiger partial charge in [-0.3, -0.25) is 0 Å². The summed E-state index contributed by atoms with van der Waals surface area (Å²) in [5, 5.41) is 2.91. The Morgan fingerprint density at radius 2 is 1.75 bits per heavy atom. The van der Waals surface area contributed by atoms with Crippen molar-refractivity contribution in [1.29, 1.82) is 0 Å². The third-order valence-corrected chi connectivity index (χ3v) is 2.70. The largest absolute Gasteiger partial charge is 0.489 e. The van der Waals surface area contributed by atoms with E-state index in [-0.39, 0.29) is 6.61 Å². The lowest BCUT2D eigenvalue weighted by Gasteiger charge is -2.09. The van der Waals surface area contributed by atoms with Gasteiger partial charge in [-0.05, 0) is 42.4 Å². The van der Waals surface area contributed by atoms with Crippen LogP contribution in [0.15, 0.2) is 36.4 Å². The van der Waals surface area contributed by atoms with Gasteiger partial charge < -0.3 is 10.1 Å². The molecule has 2 nitrogen and oxygen atoms in total. The van der Waals surface area contributed by atoms with Crippen LogP contribution in [0.3, 0.4) is 0 Å². The second kappa shape index (κ2) is 6.43. The monoisotopic (exact) mass is 281 g/mol. The first-order valence-electron chi connectivity index (χ1n) is 6.09. The first-order chi connectivity index (χ1) is 9.58. The molecule has 0 bridgehead atoms. The van der Waals surface area contributed by atoms with Crippen LogP contribution in [0.2, 0.25) is 0 Å². The Balaban J connectivity index is 2.08. The van der Waals surface area contributed by atoms with Gasteiger partial charge in [0, 0.05) is 12.6 Å². The van der Waals surface area contributed by atoms with E-state index >= 15 is 0 Å². The van der Waals surface area contributed by atoms with Gasteiger partial charge in [-0.1, -0.05) is 6.07 Å². The Morgan fingerprint density at radius 3 is 2.45 bits per heavy atom. The summed E-state index contributed by atoms with van der Waals surface area (Å²) in [6.07, 6.45) is 0. The number of hydrogen-bond donors (Lipinski definition) is 1. The van der Waals surface area contributed by atoms with Crippen molar-refractivity contribution >= 4 is 0 Å². The molecule has 0 radical (unpaired) electrons. The summed E-state index contributed by atoms with van der Waals surface area (Å²) in [5.74, 6) is -1.89. The molecule has 106 valence electrons. The van der Waals surface area contributed by atoms with E-state index in [2.05, 4.69) is 5.32 Å². The molecule has 0 unspecified atom stereocenters. The van der Waals surface area contributed by atoms with E-state index in [1.165, 1.54) is 18.2 Å². The Kier molecular flexibility index (Phi) is 4.63. The Hall–Kier alpha value is -2.01. The van der Waals surface area contributed by atoms with E-state index in [0.29, 0.717) is 17.9 Å². The van der Waals surface area contributed by atoms with E-state index in [9.17, 15) is 13.2 Å². The quantitative estimate of drug-likeness (QED) is 0.907. The van der Waals surface area contributed by atoms with Gasteiger partial charge in [0.2, 0.25) is 0 Å². The summed E-state index contributed by atoms with van der Waals surface area (Å²) in [5.41, 5.74) is 1.22. The van der Waals surface area contributed by atoms with Crippen molar-refractivity contribution < 1.29 is 17.9 Å². The van der Waals surface area contributed by atoms with Gasteiger partial charge >= 0.3 is 0 Å². The molecule has 20 heavy (non-hydrogen) atoms. The molecule has 0 aliphatic heterocycles. The average Bonchev–Trinajstić information content (AvgIpc) is 2.40. The molecule has 0 heterocycles. The van der Waals surface area contributed by atoms with Gasteiger partial charge in [0.05, 0.1) is 0 Å². The molecule has 0 saturated carbocycles. The van der Waals surface area contributed by atoms with Crippen LogP contribution in [-0.4, -0.2) is 7.05 Å². The average molecular weight is 281 g/mol. The van der Waals surface area contributed by atoms with Crippen molar-refractivity contribution in [3.8, 4) is 5.75 Å². The number of nitrogens with one attached hydrogen (secondary N) is 1. The number of benzene rings is 2. The predicted octanol–water partition coefficient (Wildman–Crippen LogP) is 3.40. The molecular weight excluding hydrogens is 267 g/mol. The van der Waals surface area contributed by atoms with Crippen LogP contribution in [0.25, 0.3) is 0 Å². The lowest BCUT2D eigenvalue weighted by atomic mass is 10.2. The summed E-state index contributed by atoms with van der Waals surface area (Å²) in [6.45, 7) is 0.555. The van der Waals surface area contributed by atoms with Crippen molar-refractivity contribution in [2.75, 3.05) is 7.05 Å². The van der Waals surface area contributed by atoms with E-state index in [1.54, 1.807) is 13.1 Å². The summed E-state index contributed by atoms with van der Waals surface area (Å²) in [4.78, 5) is 0. The fourth-order valence-electron chi connectivity index (χ4n) is 1.81. The highest BCUT2D eigenvalue weighted by molar-refractivity contribution is 5.30. The zero-order valence-electron chi connectivity index (χ0n) is 10.9. The maximum Gasteiger partial charge on any atom is 0.159 e. The third-order valence-electron chi connectivity index (χ3n) is 2.70. The third kappa shape index (κ3) is 3.74. The van der Waals surface area contributed by atoms with Gasteiger partial charge in [0.25, 0.3) is 0 Å². The van der Waals surface area contributed by atoms with Crippen molar-refractivity contribution in [1.82, 2.24) is 5.32 Å². The number of hydrogen-bond acceptors (Lipinski definition) is 2. The highest BCUT2D eigenvalue weighted by Gasteiger charge is 2.05. The van der Waals surface area contributed by atoms with Gasteiger partial charge in [-0.15, -0.1) is 0 Å². The predicted molar refractivity (Wildman–Crippen MR) is 69.9 cm³/mol. The van der Waals surface area contributed by atoms with Gasteiger partial charge in [0.1, 0.15) is 18.2 Å². The number of rotatable bonds is 5. The minimum absolute atomic E-state index is 0.0413. The normalized spacial score (nSPS) is 10.6. The van der Waals surface area contributed by atoms with Gasteiger partial charge in [-0.25, -0.2) is 13.2 Å². The van der Waals surface area contributed by atoms with Crippen molar-refractivity contribution in [3.05, 3.63) is 65.0 Å². The topological polar surface area (TPSA) is 21.3 Å². The summed E-state index contributed by atoms with van der Waals surface area (Å²) in [7, 11) is 1.76.